The Morgan fingerprint density at radius 1 is 1.17 bits per heavy atom. The topological polar surface area (TPSA) is 55.4 Å². The fourth-order valence-corrected chi connectivity index (χ4v) is 4.56. The Bertz CT molecular complexity index is 839. The molecule has 0 atom stereocenters. The van der Waals surface area contributed by atoms with Crippen LogP contribution in [0.4, 0.5) is 4.39 Å². The molecule has 0 bridgehead atoms. The van der Waals surface area contributed by atoms with E-state index in [-0.39, 0.29) is 11.4 Å². The van der Waals surface area contributed by atoms with E-state index in [0.717, 1.165) is 6.07 Å². The predicted octanol–water partition coefficient (Wildman–Crippen LogP) is 2.60. The normalized spacial score (nSPS) is 16.1. The molecule has 0 heterocycles. The maximum atomic E-state index is 13.2. The number of hydrogen-bond acceptors (Lipinski definition) is 3. The molecule has 0 fully saturated rings. The molecule has 6 heteroatoms. The van der Waals surface area contributed by atoms with Crippen LogP contribution in [0.5, 0.6) is 0 Å². The van der Waals surface area contributed by atoms with Crippen LogP contribution in [0.2, 0.25) is 0 Å². The first-order valence-electron chi connectivity index (χ1n) is 7.73. The van der Waals surface area contributed by atoms with E-state index in [0.29, 0.717) is 18.4 Å². The molecule has 0 saturated carbocycles. The molecule has 2 aromatic carbocycles. The standard InChI is InChI=1S/C18H20FNO3S/c1-13-9-16(19)7-8-17(13)24(21,22)20-12-18(23-2)10-14-5-3-4-6-15(14)11-18/h3-9,20H,10-12H2,1-2H3. The van der Waals surface area contributed by atoms with Crippen LogP contribution in [0, 0.1) is 12.7 Å². The van der Waals surface area contributed by atoms with E-state index in [4.69, 9.17) is 4.74 Å². The maximum Gasteiger partial charge on any atom is 0.240 e. The molecule has 0 aliphatic heterocycles. The highest BCUT2D eigenvalue weighted by molar-refractivity contribution is 7.89. The van der Waals surface area contributed by atoms with Crippen LogP contribution in [-0.2, 0) is 27.6 Å². The molecule has 128 valence electrons. The quantitative estimate of drug-likeness (QED) is 0.903. The van der Waals surface area contributed by atoms with E-state index in [1.165, 1.54) is 23.3 Å². The maximum absolute atomic E-state index is 13.2. The van der Waals surface area contributed by atoms with Crippen LogP contribution < -0.4 is 4.72 Å². The van der Waals surface area contributed by atoms with Crippen molar-refractivity contribution < 1.29 is 17.5 Å². The zero-order valence-corrected chi connectivity index (χ0v) is 14.5. The third kappa shape index (κ3) is 3.22. The molecule has 1 N–H and O–H groups in total. The second-order valence-electron chi connectivity index (χ2n) is 6.24. The van der Waals surface area contributed by atoms with Gasteiger partial charge in [0.15, 0.2) is 0 Å². The lowest BCUT2D eigenvalue weighted by Gasteiger charge is -2.27. The number of fused-ring (bicyclic) bond motifs is 1. The summed E-state index contributed by atoms with van der Waals surface area (Å²) in [4.78, 5) is 0.0886. The summed E-state index contributed by atoms with van der Waals surface area (Å²) >= 11 is 0. The van der Waals surface area contributed by atoms with Gasteiger partial charge in [0.1, 0.15) is 5.82 Å². The van der Waals surface area contributed by atoms with Gasteiger partial charge >= 0.3 is 0 Å². The van der Waals surface area contributed by atoms with Crippen LogP contribution in [0.15, 0.2) is 47.4 Å². The third-order valence-corrected chi connectivity index (χ3v) is 6.15. The number of hydrogen-bond donors (Lipinski definition) is 1. The number of sulfonamides is 1. The van der Waals surface area contributed by atoms with Crippen LogP contribution in [0.25, 0.3) is 0 Å². The second kappa shape index (κ2) is 6.27. The molecule has 3 rings (SSSR count). The summed E-state index contributed by atoms with van der Waals surface area (Å²) in [5.41, 5.74) is 2.14. The van der Waals surface area contributed by atoms with Crippen molar-refractivity contribution in [2.75, 3.05) is 13.7 Å². The number of aryl methyl sites for hydroxylation is 1. The fourth-order valence-electron chi connectivity index (χ4n) is 3.22. The number of halogens is 1. The van der Waals surface area contributed by atoms with Gasteiger partial charge in [0.25, 0.3) is 0 Å². The van der Waals surface area contributed by atoms with Crippen molar-refractivity contribution in [3.05, 3.63) is 65.0 Å². The van der Waals surface area contributed by atoms with Crippen LogP contribution in [-0.4, -0.2) is 27.7 Å². The number of benzene rings is 2. The molecule has 1 aliphatic carbocycles. The van der Waals surface area contributed by atoms with Crippen LogP contribution in [0.3, 0.4) is 0 Å². The average molecular weight is 349 g/mol. The largest absolute Gasteiger partial charge is 0.376 e. The molecule has 0 saturated heterocycles. The van der Waals surface area contributed by atoms with Gasteiger partial charge in [-0.05, 0) is 41.8 Å². The van der Waals surface area contributed by atoms with E-state index in [2.05, 4.69) is 4.72 Å². The Labute approximate surface area is 141 Å². The summed E-state index contributed by atoms with van der Waals surface area (Å²) in [7, 11) is -2.13. The zero-order chi connectivity index (χ0) is 17.4. The lowest BCUT2D eigenvalue weighted by molar-refractivity contribution is 0.00378. The van der Waals surface area contributed by atoms with E-state index in [9.17, 15) is 12.8 Å². The average Bonchev–Trinajstić information content (AvgIpc) is 2.92. The monoisotopic (exact) mass is 349 g/mol. The molecule has 4 nitrogen and oxygen atoms in total. The summed E-state index contributed by atoms with van der Waals surface area (Å²) in [5.74, 6) is -0.453. The van der Waals surface area contributed by atoms with E-state index in [1.54, 1.807) is 14.0 Å². The van der Waals surface area contributed by atoms with Crippen molar-refractivity contribution >= 4 is 10.0 Å². The first-order chi connectivity index (χ1) is 11.4. The number of ether oxygens (including phenoxy) is 1. The molecule has 24 heavy (non-hydrogen) atoms. The van der Waals surface area contributed by atoms with Crippen molar-refractivity contribution in [2.45, 2.75) is 30.3 Å². The zero-order valence-electron chi connectivity index (χ0n) is 13.7. The Morgan fingerprint density at radius 3 is 2.33 bits per heavy atom. The predicted molar refractivity (Wildman–Crippen MR) is 89.9 cm³/mol. The van der Waals surface area contributed by atoms with Gasteiger partial charge in [-0.15, -0.1) is 0 Å². The highest BCUT2D eigenvalue weighted by atomic mass is 32.2. The SMILES string of the molecule is COC1(CNS(=O)(=O)c2ccc(F)cc2C)Cc2ccccc2C1. The minimum atomic E-state index is -3.73. The lowest BCUT2D eigenvalue weighted by Crippen LogP contribution is -2.45. The van der Waals surface area contributed by atoms with Crippen molar-refractivity contribution in [1.82, 2.24) is 4.72 Å². The van der Waals surface area contributed by atoms with Gasteiger partial charge in [-0.3, -0.25) is 0 Å². The van der Waals surface area contributed by atoms with Crippen molar-refractivity contribution in [1.29, 1.82) is 0 Å². The minimum Gasteiger partial charge on any atom is -0.376 e. The van der Waals surface area contributed by atoms with E-state index >= 15 is 0 Å². The van der Waals surface area contributed by atoms with Gasteiger partial charge in [0, 0.05) is 26.5 Å². The lowest BCUT2D eigenvalue weighted by atomic mass is 10.0. The molecular weight excluding hydrogens is 329 g/mol. The smallest absolute Gasteiger partial charge is 0.240 e. The Kier molecular flexibility index (Phi) is 4.46. The summed E-state index contributed by atoms with van der Waals surface area (Å²) in [6, 6.07) is 11.7. The molecule has 0 amide bonds. The van der Waals surface area contributed by atoms with Crippen molar-refractivity contribution in [2.24, 2.45) is 0 Å². The molecule has 0 spiro atoms. The first kappa shape index (κ1) is 17.1. The second-order valence-corrected chi connectivity index (χ2v) is 7.98. The minimum absolute atomic E-state index is 0.0886. The fraction of sp³-hybridized carbons (Fsp3) is 0.333. The first-order valence-corrected chi connectivity index (χ1v) is 9.21. The van der Waals surface area contributed by atoms with Crippen LogP contribution in [0.1, 0.15) is 16.7 Å². The number of rotatable bonds is 5. The Morgan fingerprint density at radius 2 is 1.79 bits per heavy atom. The van der Waals surface area contributed by atoms with Gasteiger partial charge in [-0.25, -0.2) is 17.5 Å². The number of methoxy groups -OCH3 is 1. The molecule has 1 aliphatic rings. The third-order valence-electron chi connectivity index (χ3n) is 4.59. The molecule has 0 radical (unpaired) electrons. The summed E-state index contributed by atoms with van der Waals surface area (Å²) < 4.78 is 46.6. The van der Waals surface area contributed by atoms with Crippen molar-refractivity contribution in [3.8, 4) is 0 Å². The highest BCUT2D eigenvalue weighted by Gasteiger charge is 2.38. The van der Waals surface area contributed by atoms with Crippen LogP contribution >= 0.6 is 0 Å². The van der Waals surface area contributed by atoms with E-state index in [1.807, 2.05) is 24.3 Å². The van der Waals surface area contributed by atoms with Gasteiger partial charge in [0.05, 0.1) is 10.5 Å². The summed E-state index contributed by atoms with van der Waals surface area (Å²) in [5, 5.41) is 0. The van der Waals surface area contributed by atoms with Gasteiger partial charge in [0.2, 0.25) is 10.0 Å². The molecule has 0 unspecified atom stereocenters. The highest BCUT2D eigenvalue weighted by Crippen LogP contribution is 2.32. The van der Waals surface area contributed by atoms with E-state index < -0.39 is 21.4 Å². The summed E-state index contributed by atoms with van der Waals surface area (Å²) in [6.07, 6.45) is 1.31. The van der Waals surface area contributed by atoms with Crippen molar-refractivity contribution in [3.63, 3.8) is 0 Å². The van der Waals surface area contributed by atoms with Gasteiger partial charge in [-0.2, -0.15) is 0 Å². The molecular formula is C18H20FNO3S. The molecule has 2 aromatic rings. The van der Waals surface area contributed by atoms with Gasteiger partial charge in [-0.1, -0.05) is 24.3 Å². The Hall–Kier alpha value is -1.76. The summed E-state index contributed by atoms with van der Waals surface area (Å²) in [6.45, 7) is 1.74. The number of nitrogens with one attached hydrogen (secondary N) is 1. The molecule has 0 aromatic heterocycles. The van der Waals surface area contributed by atoms with Gasteiger partial charge < -0.3 is 4.74 Å². The Balaban J connectivity index is 1.79.